The minimum atomic E-state index is -0.951. The van der Waals surface area contributed by atoms with Gasteiger partial charge >= 0.3 is 0 Å². The molecule has 1 aliphatic carbocycles. The van der Waals surface area contributed by atoms with Gasteiger partial charge in [0.25, 0.3) is 5.91 Å². The van der Waals surface area contributed by atoms with Crippen LogP contribution in [0, 0.1) is 24.2 Å². The Bertz CT molecular complexity index is 1070. The Kier molecular flexibility index (Phi) is 4.18. The van der Waals surface area contributed by atoms with E-state index in [0.717, 1.165) is 41.0 Å². The quantitative estimate of drug-likeness (QED) is 0.786. The molecule has 2 aromatic carbocycles. The SMILES string of the molecule is Cc1ccc2c(c1)[C@]1(SCCN1C(=O)C1CC1)C(=O)N2Cc1cccc(C#N)c1. The standard InChI is InChI=1S/C23H21N3O2S/c1-15-5-8-20-19(11-15)23(26(9-10-29-23)21(27)18-6-7-18)22(28)25(20)14-17-4-2-3-16(12-17)13-24/h2-5,8,11-12,18H,6-7,9-10,14H2,1H3/t23-/m0/s1. The molecule has 5 nitrogen and oxygen atoms in total. The first-order valence-corrected chi connectivity index (χ1v) is 10.9. The average molecular weight is 404 g/mol. The number of nitriles is 1. The molecule has 2 aliphatic heterocycles. The van der Waals surface area contributed by atoms with E-state index in [9.17, 15) is 14.9 Å². The molecule has 0 unspecified atom stereocenters. The summed E-state index contributed by atoms with van der Waals surface area (Å²) in [6.07, 6.45) is 1.85. The Morgan fingerprint density at radius 3 is 2.86 bits per heavy atom. The van der Waals surface area contributed by atoms with Gasteiger partial charge < -0.3 is 9.80 Å². The van der Waals surface area contributed by atoms with E-state index >= 15 is 0 Å². The third kappa shape index (κ3) is 2.76. The van der Waals surface area contributed by atoms with Crippen LogP contribution in [-0.4, -0.2) is 29.0 Å². The summed E-state index contributed by atoms with van der Waals surface area (Å²) < 4.78 is 0. The molecule has 1 atom stereocenters. The molecule has 29 heavy (non-hydrogen) atoms. The van der Waals surface area contributed by atoms with Gasteiger partial charge in [0.05, 0.1) is 23.9 Å². The Hall–Kier alpha value is -2.78. The number of aryl methyl sites for hydroxylation is 1. The van der Waals surface area contributed by atoms with Gasteiger partial charge in [0.1, 0.15) is 0 Å². The van der Waals surface area contributed by atoms with Crippen molar-refractivity contribution >= 4 is 29.3 Å². The van der Waals surface area contributed by atoms with Crippen molar-refractivity contribution in [2.75, 3.05) is 17.2 Å². The predicted octanol–water partition coefficient (Wildman–Crippen LogP) is 3.55. The first kappa shape index (κ1) is 18.3. The van der Waals surface area contributed by atoms with Gasteiger partial charge in [0.2, 0.25) is 5.91 Å². The molecular weight excluding hydrogens is 382 g/mol. The molecule has 2 heterocycles. The topological polar surface area (TPSA) is 64.4 Å². The molecule has 1 saturated heterocycles. The highest BCUT2D eigenvalue weighted by molar-refractivity contribution is 8.01. The first-order valence-electron chi connectivity index (χ1n) is 9.92. The van der Waals surface area contributed by atoms with Crippen molar-refractivity contribution in [2.45, 2.75) is 31.2 Å². The summed E-state index contributed by atoms with van der Waals surface area (Å²) in [7, 11) is 0. The van der Waals surface area contributed by atoms with Gasteiger partial charge in [-0.15, -0.1) is 11.8 Å². The maximum absolute atomic E-state index is 13.9. The fraction of sp³-hybridized carbons (Fsp3) is 0.348. The van der Waals surface area contributed by atoms with Gasteiger partial charge in [0.15, 0.2) is 4.87 Å². The lowest BCUT2D eigenvalue weighted by molar-refractivity contribution is -0.141. The molecule has 6 heteroatoms. The Morgan fingerprint density at radius 1 is 1.28 bits per heavy atom. The number of carbonyl (C=O) groups excluding carboxylic acids is 2. The molecule has 5 rings (SSSR count). The number of thioether (sulfide) groups is 1. The summed E-state index contributed by atoms with van der Waals surface area (Å²) in [5, 5.41) is 9.21. The Balaban J connectivity index is 1.59. The maximum Gasteiger partial charge on any atom is 0.268 e. The van der Waals surface area contributed by atoms with Crippen LogP contribution in [0.1, 0.15) is 35.1 Å². The van der Waals surface area contributed by atoms with Crippen LogP contribution >= 0.6 is 11.8 Å². The molecule has 0 N–H and O–H groups in total. The van der Waals surface area contributed by atoms with E-state index in [4.69, 9.17) is 0 Å². The molecular formula is C23H21N3O2S. The van der Waals surface area contributed by atoms with E-state index in [-0.39, 0.29) is 17.7 Å². The zero-order chi connectivity index (χ0) is 20.2. The van der Waals surface area contributed by atoms with Crippen LogP contribution in [-0.2, 0) is 21.0 Å². The number of hydrogen-bond acceptors (Lipinski definition) is 4. The smallest absolute Gasteiger partial charge is 0.268 e. The van der Waals surface area contributed by atoms with Gasteiger partial charge in [-0.3, -0.25) is 9.59 Å². The molecule has 3 aliphatic rings. The number of amides is 2. The summed E-state index contributed by atoms with van der Waals surface area (Å²) in [5.41, 5.74) is 4.36. The lowest BCUT2D eigenvalue weighted by atomic mass is 10.0. The minimum absolute atomic E-state index is 0.0445. The van der Waals surface area contributed by atoms with Crippen LogP contribution in [0.4, 0.5) is 5.69 Å². The van der Waals surface area contributed by atoms with Gasteiger partial charge in [-0.2, -0.15) is 5.26 Å². The van der Waals surface area contributed by atoms with Gasteiger partial charge in [-0.1, -0.05) is 29.8 Å². The first-order chi connectivity index (χ1) is 14.0. The summed E-state index contributed by atoms with van der Waals surface area (Å²) in [4.78, 5) is 29.6. The second-order valence-electron chi connectivity index (χ2n) is 7.98. The molecule has 1 spiro atoms. The van der Waals surface area contributed by atoms with Crippen molar-refractivity contribution in [3.63, 3.8) is 0 Å². The van der Waals surface area contributed by atoms with Crippen molar-refractivity contribution < 1.29 is 9.59 Å². The molecule has 1 saturated carbocycles. The Morgan fingerprint density at radius 2 is 2.10 bits per heavy atom. The van der Waals surface area contributed by atoms with Crippen LogP contribution in [0.2, 0.25) is 0 Å². The van der Waals surface area contributed by atoms with Crippen molar-refractivity contribution in [3.05, 3.63) is 64.7 Å². The lowest BCUT2D eigenvalue weighted by Crippen LogP contribution is -2.50. The molecule has 2 fully saturated rings. The zero-order valence-electron chi connectivity index (χ0n) is 16.2. The summed E-state index contributed by atoms with van der Waals surface area (Å²) >= 11 is 1.58. The summed E-state index contributed by atoms with van der Waals surface area (Å²) in [5.74, 6) is 0.907. The van der Waals surface area contributed by atoms with Crippen LogP contribution in [0.15, 0.2) is 42.5 Å². The zero-order valence-corrected chi connectivity index (χ0v) is 17.0. The van der Waals surface area contributed by atoms with E-state index < -0.39 is 4.87 Å². The highest BCUT2D eigenvalue weighted by Crippen LogP contribution is 2.55. The van der Waals surface area contributed by atoms with Gasteiger partial charge in [-0.25, -0.2) is 0 Å². The number of carbonyl (C=O) groups is 2. The maximum atomic E-state index is 13.9. The molecule has 0 radical (unpaired) electrons. The van der Waals surface area contributed by atoms with Crippen molar-refractivity contribution in [1.82, 2.24) is 4.90 Å². The molecule has 0 bridgehead atoms. The highest BCUT2D eigenvalue weighted by Gasteiger charge is 2.60. The largest absolute Gasteiger partial charge is 0.315 e. The molecule has 2 aromatic rings. The lowest BCUT2D eigenvalue weighted by Gasteiger charge is -2.33. The Labute approximate surface area is 174 Å². The predicted molar refractivity (Wildman–Crippen MR) is 112 cm³/mol. The third-order valence-electron chi connectivity index (χ3n) is 5.94. The van der Waals surface area contributed by atoms with Crippen molar-refractivity contribution in [3.8, 4) is 6.07 Å². The van der Waals surface area contributed by atoms with Crippen molar-refractivity contribution in [2.24, 2.45) is 5.92 Å². The number of anilines is 1. The fourth-order valence-electron chi connectivity index (χ4n) is 4.38. The number of fused-ring (bicyclic) bond motifs is 2. The minimum Gasteiger partial charge on any atom is -0.315 e. The number of rotatable bonds is 3. The normalized spacial score (nSPS) is 22.8. The van der Waals surface area contributed by atoms with E-state index in [1.54, 1.807) is 22.7 Å². The third-order valence-corrected chi connectivity index (χ3v) is 7.36. The number of nitrogens with zero attached hydrogens (tertiary/aromatic N) is 3. The van der Waals surface area contributed by atoms with E-state index in [1.807, 2.05) is 42.2 Å². The van der Waals surface area contributed by atoms with E-state index in [0.29, 0.717) is 18.7 Å². The fourth-order valence-corrected chi connectivity index (χ4v) is 5.84. The van der Waals surface area contributed by atoms with Gasteiger partial charge in [0, 0.05) is 23.8 Å². The van der Waals surface area contributed by atoms with Gasteiger partial charge in [-0.05, 0) is 43.5 Å². The van der Waals surface area contributed by atoms with Crippen LogP contribution < -0.4 is 4.90 Å². The summed E-state index contributed by atoms with van der Waals surface area (Å²) in [6, 6.07) is 15.6. The van der Waals surface area contributed by atoms with E-state index in [1.165, 1.54) is 0 Å². The number of hydrogen-bond donors (Lipinski definition) is 0. The monoisotopic (exact) mass is 403 g/mol. The second-order valence-corrected chi connectivity index (χ2v) is 9.27. The van der Waals surface area contributed by atoms with Crippen LogP contribution in [0.25, 0.3) is 0 Å². The summed E-state index contributed by atoms with van der Waals surface area (Å²) in [6.45, 7) is 3.01. The second kappa shape index (κ2) is 6.64. The molecule has 0 aromatic heterocycles. The van der Waals surface area contributed by atoms with Crippen LogP contribution in [0.5, 0.6) is 0 Å². The van der Waals surface area contributed by atoms with Crippen molar-refractivity contribution in [1.29, 1.82) is 5.26 Å². The average Bonchev–Trinajstić information content (AvgIpc) is 3.45. The molecule has 2 amide bonds. The highest BCUT2D eigenvalue weighted by atomic mass is 32.2. The van der Waals surface area contributed by atoms with Crippen LogP contribution in [0.3, 0.4) is 0 Å². The molecule has 146 valence electrons. The number of benzene rings is 2. The van der Waals surface area contributed by atoms with E-state index in [2.05, 4.69) is 12.1 Å².